The number of hydrogen-bond donors (Lipinski definition) is 0. The van der Waals surface area contributed by atoms with E-state index in [1.807, 2.05) is 30.3 Å². The Morgan fingerprint density at radius 3 is 2.71 bits per heavy atom. The van der Waals surface area contributed by atoms with Crippen LogP contribution in [-0.2, 0) is 0 Å². The van der Waals surface area contributed by atoms with Crippen LogP contribution >= 0.6 is 11.8 Å². The maximum absolute atomic E-state index is 12.6. The van der Waals surface area contributed by atoms with Crippen molar-refractivity contribution in [3.8, 4) is 11.5 Å². The van der Waals surface area contributed by atoms with Gasteiger partial charge in [0.2, 0.25) is 0 Å². The third kappa shape index (κ3) is 3.36. The van der Waals surface area contributed by atoms with Crippen molar-refractivity contribution in [3.63, 3.8) is 0 Å². The number of ether oxygens (including phenoxy) is 2. The maximum Gasteiger partial charge on any atom is 0.176 e. The molecule has 0 aliphatic rings. The summed E-state index contributed by atoms with van der Waals surface area (Å²) in [6.45, 7) is 0. The zero-order chi connectivity index (χ0) is 16.9. The zero-order valence-corrected chi connectivity index (χ0v) is 14.3. The van der Waals surface area contributed by atoms with Gasteiger partial charge in [0.05, 0.1) is 31.1 Å². The number of ketones is 1. The molecule has 122 valence electrons. The van der Waals surface area contributed by atoms with Crippen LogP contribution in [0.5, 0.6) is 11.5 Å². The van der Waals surface area contributed by atoms with Gasteiger partial charge in [0.25, 0.3) is 0 Å². The van der Waals surface area contributed by atoms with Gasteiger partial charge in [-0.3, -0.25) is 9.78 Å². The fraction of sp³-hybridized carbons (Fsp3) is 0.158. The number of hydrogen-bond acceptors (Lipinski definition) is 5. The molecule has 5 heteroatoms. The summed E-state index contributed by atoms with van der Waals surface area (Å²) in [6, 6.07) is 15.1. The molecular weight excluding hydrogens is 322 g/mol. The Balaban J connectivity index is 1.83. The van der Waals surface area contributed by atoms with Crippen molar-refractivity contribution in [1.29, 1.82) is 0 Å². The van der Waals surface area contributed by atoms with Crippen LogP contribution in [0.2, 0.25) is 0 Å². The van der Waals surface area contributed by atoms with Crippen LogP contribution in [0.25, 0.3) is 10.9 Å². The van der Waals surface area contributed by atoms with Gasteiger partial charge in [0.1, 0.15) is 11.5 Å². The molecule has 1 heterocycles. The van der Waals surface area contributed by atoms with Crippen molar-refractivity contribution in [1.82, 2.24) is 4.98 Å². The van der Waals surface area contributed by atoms with Gasteiger partial charge in [-0.25, -0.2) is 0 Å². The average Bonchev–Trinajstić information content (AvgIpc) is 2.65. The Morgan fingerprint density at radius 1 is 1.08 bits per heavy atom. The topological polar surface area (TPSA) is 48.4 Å². The quantitative estimate of drug-likeness (QED) is 0.497. The van der Waals surface area contributed by atoms with Crippen molar-refractivity contribution in [2.45, 2.75) is 4.90 Å². The summed E-state index contributed by atoms with van der Waals surface area (Å²) < 4.78 is 10.5. The first kappa shape index (κ1) is 16.3. The van der Waals surface area contributed by atoms with Crippen molar-refractivity contribution in [2.75, 3.05) is 20.0 Å². The largest absolute Gasteiger partial charge is 0.497 e. The third-order valence-electron chi connectivity index (χ3n) is 3.66. The number of benzene rings is 2. The number of methoxy groups -OCH3 is 2. The van der Waals surface area contributed by atoms with E-state index in [1.54, 1.807) is 38.6 Å². The van der Waals surface area contributed by atoms with Crippen molar-refractivity contribution < 1.29 is 14.3 Å². The summed E-state index contributed by atoms with van der Waals surface area (Å²) in [6.07, 6.45) is 1.76. The van der Waals surface area contributed by atoms with Gasteiger partial charge in [-0.15, -0.1) is 11.8 Å². The number of nitrogens with zero attached hydrogens (tertiary/aromatic N) is 1. The molecule has 0 atom stereocenters. The van der Waals surface area contributed by atoms with Crippen LogP contribution in [0.4, 0.5) is 0 Å². The fourth-order valence-electron chi connectivity index (χ4n) is 2.45. The van der Waals surface area contributed by atoms with E-state index in [9.17, 15) is 4.79 Å². The molecule has 0 saturated heterocycles. The second kappa shape index (κ2) is 7.36. The molecule has 2 aromatic carbocycles. The third-order valence-corrected chi connectivity index (χ3v) is 4.71. The lowest BCUT2D eigenvalue weighted by Crippen LogP contribution is -2.05. The first-order valence-electron chi connectivity index (χ1n) is 7.44. The van der Waals surface area contributed by atoms with Crippen LogP contribution in [-0.4, -0.2) is 30.7 Å². The minimum absolute atomic E-state index is 0.0105. The maximum atomic E-state index is 12.6. The molecule has 0 N–H and O–H groups in total. The second-order valence-corrected chi connectivity index (χ2v) is 6.13. The monoisotopic (exact) mass is 339 g/mol. The van der Waals surface area contributed by atoms with Crippen LogP contribution in [0.15, 0.2) is 59.6 Å². The zero-order valence-electron chi connectivity index (χ0n) is 13.5. The number of Topliss-reactive ketones (excluding diaryl/α,β-unsaturated/α-hetero) is 1. The molecule has 3 rings (SSSR count). The van der Waals surface area contributed by atoms with E-state index in [4.69, 9.17) is 9.47 Å². The van der Waals surface area contributed by atoms with Crippen molar-refractivity contribution in [2.24, 2.45) is 0 Å². The molecule has 0 fully saturated rings. The second-order valence-electron chi connectivity index (χ2n) is 5.11. The minimum Gasteiger partial charge on any atom is -0.497 e. The van der Waals surface area contributed by atoms with E-state index in [-0.39, 0.29) is 5.78 Å². The van der Waals surface area contributed by atoms with E-state index in [0.717, 1.165) is 15.8 Å². The molecule has 24 heavy (non-hydrogen) atoms. The molecule has 1 aromatic heterocycles. The van der Waals surface area contributed by atoms with Gasteiger partial charge in [-0.05, 0) is 30.3 Å². The molecule has 0 radical (unpaired) electrons. The van der Waals surface area contributed by atoms with Crippen LogP contribution in [0.1, 0.15) is 10.4 Å². The number of pyridine rings is 1. The number of carbonyl (C=O) groups is 1. The number of para-hydroxylation sites is 1. The number of rotatable bonds is 6. The van der Waals surface area contributed by atoms with E-state index in [0.29, 0.717) is 22.8 Å². The Hall–Kier alpha value is -2.53. The highest BCUT2D eigenvalue weighted by molar-refractivity contribution is 8.00. The van der Waals surface area contributed by atoms with Gasteiger partial charge in [-0.1, -0.05) is 18.2 Å². The smallest absolute Gasteiger partial charge is 0.176 e. The molecule has 0 saturated carbocycles. The van der Waals surface area contributed by atoms with E-state index in [2.05, 4.69) is 4.98 Å². The normalized spacial score (nSPS) is 10.6. The summed E-state index contributed by atoms with van der Waals surface area (Å²) >= 11 is 1.48. The van der Waals surface area contributed by atoms with Crippen molar-refractivity contribution in [3.05, 3.63) is 60.3 Å². The number of fused-ring (bicyclic) bond motifs is 1. The molecular formula is C19H17NO3S. The van der Waals surface area contributed by atoms with Crippen LogP contribution < -0.4 is 9.47 Å². The standard InChI is InChI=1S/C19H17NO3S/c1-22-14-8-9-17(23-2)15(11-14)16(21)12-24-18-7-3-5-13-6-4-10-20-19(13)18/h3-11H,12H2,1-2H3. The highest BCUT2D eigenvalue weighted by Crippen LogP contribution is 2.29. The van der Waals surface area contributed by atoms with Gasteiger partial charge in [0, 0.05) is 16.5 Å². The van der Waals surface area contributed by atoms with Gasteiger partial charge >= 0.3 is 0 Å². The summed E-state index contributed by atoms with van der Waals surface area (Å²) in [5.41, 5.74) is 1.44. The molecule has 0 amide bonds. The number of carbonyl (C=O) groups excluding carboxylic acids is 1. The van der Waals surface area contributed by atoms with Gasteiger partial charge < -0.3 is 9.47 Å². The lowest BCUT2D eigenvalue weighted by atomic mass is 10.1. The predicted molar refractivity (Wildman–Crippen MR) is 96.3 cm³/mol. The fourth-order valence-corrected chi connectivity index (χ4v) is 3.37. The van der Waals surface area contributed by atoms with E-state index < -0.39 is 0 Å². The number of aromatic nitrogens is 1. The highest BCUT2D eigenvalue weighted by Gasteiger charge is 2.15. The molecule has 0 aliphatic carbocycles. The summed E-state index contributed by atoms with van der Waals surface area (Å²) in [5, 5.41) is 1.06. The molecule has 3 aromatic rings. The molecule has 0 aliphatic heterocycles. The Kier molecular flexibility index (Phi) is 5.01. The van der Waals surface area contributed by atoms with Crippen LogP contribution in [0.3, 0.4) is 0 Å². The summed E-state index contributed by atoms with van der Waals surface area (Å²) in [7, 11) is 3.13. The lowest BCUT2D eigenvalue weighted by Gasteiger charge is -2.10. The van der Waals surface area contributed by atoms with Crippen LogP contribution in [0, 0.1) is 0 Å². The summed E-state index contributed by atoms with van der Waals surface area (Å²) in [5.74, 6) is 1.48. The SMILES string of the molecule is COc1ccc(OC)c(C(=O)CSc2cccc3cccnc23)c1. The molecule has 0 bridgehead atoms. The number of thioether (sulfide) groups is 1. The van der Waals surface area contributed by atoms with Crippen molar-refractivity contribution >= 4 is 28.4 Å². The Labute approximate surface area is 144 Å². The van der Waals surface area contributed by atoms with E-state index >= 15 is 0 Å². The van der Waals surface area contributed by atoms with Gasteiger partial charge in [0.15, 0.2) is 5.78 Å². The Morgan fingerprint density at radius 2 is 1.92 bits per heavy atom. The first-order valence-corrected chi connectivity index (χ1v) is 8.43. The average molecular weight is 339 g/mol. The lowest BCUT2D eigenvalue weighted by molar-refractivity contribution is 0.101. The Bertz CT molecular complexity index is 874. The first-order chi connectivity index (χ1) is 11.7. The predicted octanol–water partition coefficient (Wildman–Crippen LogP) is 4.23. The molecule has 4 nitrogen and oxygen atoms in total. The minimum atomic E-state index is -0.0105. The van der Waals surface area contributed by atoms with E-state index in [1.165, 1.54) is 11.8 Å². The molecule has 0 spiro atoms. The summed E-state index contributed by atoms with van der Waals surface area (Å²) in [4.78, 5) is 18.0. The van der Waals surface area contributed by atoms with Gasteiger partial charge in [-0.2, -0.15) is 0 Å². The molecule has 0 unspecified atom stereocenters. The highest BCUT2D eigenvalue weighted by atomic mass is 32.2.